The summed E-state index contributed by atoms with van der Waals surface area (Å²) < 4.78 is 41.0. The zero-order chi connectivity index (χ0) is 14.2. The molecule has 0 aliphatic rings. The van der Waals surface area contributed by atoms with E-state index >= 15 is 0 Å². The summed E-state index contributed by atoms with van der Waals surface area (Å²) in [5, 5.41) is 0.257. The van der Waals surface area contributed by atoms with Gasteiger partial charge in [0.05, 0.1) is 5.56 Å². The fourth-order valence-corrected chi connectivity index (χ4v) is 2.50. The van der Waals surface area contributed by atoms with E-state index in [1.54, 1.807) is 12.1 Å². The molecule has 0 aliphatic carbocycles. The molecule has 0 unspecified atom stereocenters. The Kier molecular flexibility index (Phi) is 3.58. The first kappa shape index (κ1) is 13.9. The largest absolute Gasteiger partial charge is 0.417 e. The summed E-state index contributed by atoms with van der Waals surface area (Å²) in [4.78, 5) is 0. The molecule has 0 fully saturated rings. The van der Waals surface area contributed by atoms with Crippen LogP contribution in [0, 0.1) is 0 Å². The lowest BCUT2D eigenvalue weighted by atomic mass is 10.1. The van der Waals surface area contributed by atoms with Crippen molar-refractivity contribution < 1.29 is 13.2 Å². The molecule has 0 saturated carbocycles. The Labute approximate surface area is 110 Å². The predicted molar refractivity (Wildman–Crippen MR) is 70.1 cm³/mol. The van der Waals surface area contributed by atoms with Gasteiger partial charge in [0.25, 0.3) is 0 Å². The van der Waals surface area contributed by atoms with E-state index < -0.39 is 11.7 Å². The van der Waals surface area contributed by atoms with Crippen LogP contribution in [0.4, 0.5) is 13.2 Å². The second kappa shape index (κ2) is 4.89. The van der Waals surface area contributed by atoms with Crippen molar-refractivity contribution in [1.82, 2.24) is 4.57 Å². The Bertz CT molecular complexity index is 582. The molecule has 5 heteroatoms. The highest BCUT2D eigenvalue weighted by molar-refractivity contribution is 5.85. The summed E-state index contributed by atoms with van der Waals surface area (Å²) in [6, 6.07) is 6.02. The van der Waals surface area contributed by atoms with Crippen molar-refractivity contribution in [1.29, 1.82) is 0 Å². The van der Waals surface area contributed by atoms with E-state index in [9.17, 15) is 13.2 Å². The molecule has 0 aliphatic heterocycles. The highest BCUT2D eigenvalue weighted by Crippen LogP contribution is 2.37. The summed E-state index contributed by atoms with van der Waals surface area (Å²) in [5.74, 6) is 0. The van der Waals surface area contributed by atoms with Gasteiger partial charge in [-0.1, -0.05) is 6.07 Å². The van der Waals surface area contributed by atoms with Crippen LogP contribution in [0.25, 0.3) is 10.9 Å². The minimum atomic E-state index is -4.33. The molecule has 104 valence electrons. The fraction of sp³-hybridized carbons (Fsp3) is 0.429. The maximum Gasteiger partial charge on any atom is 0.417 e. The second-order valence-electron chi connectivity index (χ2n) is 4.87. The number of rotatable bonds is 3. The van der Waals surface area contributed by atoms with Gasteiger partial charge in [-0.25, -0.2) is 0 Å². The van der Waals surface area contributed by atoms with E-state index in [2.05, 4.69) is 0 Å². The third kappa shape index (κ3) is 2.47. The first-order chi connectivity index (χ1) is 8.86. The molecule has 19 heavy (non-hydrogen) atoms. The predicted octanol–water partition coefficient (Wildman–Crippen LogP) is 3.74. The van der Waals surface area contributed by atoms with Crippen molar-refractivity contribution in [3.63, 3.8) is 0 Å². The zero-order valence-corrected chi connectivity index (χ0v) is 11.0. The third-order valence-corrected chi connectivity index (χ3v) is 3.19. The molecule has 2 N–H and O–H groups in total. The summed E-state index contributed by atoms with van der Waals surface area (Å²) in [6.07, 6.45) is -3.76. The summed E-state index contributed by atoms with van der Waals surface area (Å²) in [6.45, 7) is 4.34. The number of nitrogens with two attached hydrogens (primary N) is 1. The number of alkyl halides is 3. The van der Waals surface area contributed by atoms with E-state index in [0.29, 0.717) is 18.5 Å². The van der Waals surface area contributed by atoms with Gasteiger partial charge in [-0.05, 0) is 45.0 Å². The molecule has 0 atom stereocenters. The van der Waals surface area contributed by atoms with E-state index in [-0.39, 0.29) is 11.4 Å². The Morgan fingerprint density at radius 3 is 2.47 bits per heavy atom. The van der Waals surface area contributed by atoms with Crippen molar-refractivity contribution in [2.24, 2.45) is 5.73 Å². The first-order valence-electron chi connectivity index (χ1n) is 6.26. The normalized spacial score (nSPS) is 12.6. The molecular formula is C14H17F3N2. The zero-order valence-electron chi connectivity index (χ0n) is 11.0. The minimum absolute atomic E-state index is 0.0996. The van der Waals surface area contributed by atoms with Gasteiger partial charge in [-0.3, -0.25) is 0 Å². The van der Waals surface area contributed by atoms with Crippen molar-refractivity contribution in [2.75, 3.05) is 6.54 Å². The number of nitrogens with zero attached hydrogens (tertiary/aromatic N) is 1. The Morgan fingerprint density at radius 2 is 1.95 bits per heavy atom. The first-order valence-corrected chi connectivity index (χ1v) is 6.26. The standard InChI is InChI=1S/C14H17F3N2/c1-9(2)19-10(6-7-18)8-11-12(14(15,16)17)4-3-5-13(11)19/h3-5,8-9H,6-7,18H2,1-2H3. The number of benzene rings is 1. The number of hydrogen-bond donors (Lipinski definition) is 1. The van der Waals surface area contributed by atoms with Crippen molar-refractivity contribution in [2.45, 2.75) is 32.5 Å². The molecule has 1 heterocycles. The van der Waals surface area contributed by atoms with Gasteiger partial charge in [-0.15, -0.1) is 0 Å². The van der Waals surface area contributed by atoms with Gasteiger partial charge >= 0.3 is 6.18 Å². The van der Waals surface area contributed by atoms with E-state index in [4.69, 9.17) is 5.73 Å². The van der Waals surface area contributed by atoms with Gasteiger partial charge < -0.3 is 10.3 Å². The van der Waals surface area contributed by atoms with Crippen molar-refractivity contribution in [3.05, 3.63) is 35.5 Å². The minimum Gasteiger partial charge on any atom is -0.342 e. The average Bonchev–Trinajstić information content (AvgIpc) is 2.65. The van der Waals surface area contributed by atoms with Crippen molar-refractivity contribution >= 4 is 10.9 Å². The Morgan fingerprint density at radius 1 is 1.26 bits per heavy atom. The average molecular weight is 270 g/mol. The number of halogens is 3. The van der Waals surface area contributed by atoms with Crippen molar-refractivity contribution in [3.8, 4) is 0 Å². The molecule has 0 bridgehead atoms. The lowest BCUT2D eigenvalue weighted by Gasteiger charge is -2.15. The monoisotopic (exact) mass is 270 g/mol. The molecule has 0 amide bonds. The van der Waals surface area contributed by atoms with E-state index in [0.717, 1.165) is 11.8 Å². The van der Waals surface area contributed by atoms with Gasteiger partial charge in [0.1, 0.15) is 0 Å². The van der Waals surface area contributed by atoms with Gasteiger partial charge in [0.15, 0.2) is 0 Å². The van der Waals surface area contributed by atoms with E-state index in [1.165, 1.54) is 6.07 Å². The molecule has 2 nitrogen and oxygen atoms in total. The molecule has 1 aromatic heterocycles. The maximum absolute atomic E-state index is 13.0. The van der Waals surface area contributed by atoms with Gasteiger partial charge in [0, 0.05) is 22.6 Å². The third-order valence-electron chi connectivity index (χ3n) is 3.19. The molecule has 0 radical (unpaired) electrons. The molecule has 1 aromatic carbocycles. The lowest BCUT2D eigenvalue weighted by Crippen LogP contribution is -2.10. The molecular weight excluding hydrogens is 253 g/mol. The van der Waals surface area contributed by atoms with Crippen LogP contribution in [0.5, 0.6) is 0 Å². The maximum atomic E-state index is 13.0. The quantitative estimate of drug-likeness (QED) is 0.905. The van der Waals surface area contributed by atoms with Gasteiger partial charge in [-0.2, -0.15) is 13.2 Å². The van der Waals surface area contributed by atoms with Crippen LogP contribution in [0.2, 0.25) is 0 Å². The summed E-state index contributed by atoms with van der Waals surface area (Å²) >= 11 is 0. The van der Waals surface area contributed by atoms with Crippen LogP contribution < -0.4 is 5.73 Å². The van der Waals surface area contributed by atoms with Crippen LogP contribution in [-0.4, -0.2) is 11.1 Å². The van der Waals surface area contributed by atoms with Crippen LogP contribution in [0.3, 0.4) is 0 Å². The highest BCUT2D eigenvalue weighted by Gasteiger charge is 2.33. The van der Waals surface area contributed by atoms with Crippen LogP contribution >= 0.6 is 0 Å². The number of aromatic nitrogens is 1. The lowest BCUT2D eigenvalue weighted by molar-refractivity contribution is -0.136. The smallest absolute Gasteiger partial charge is 0.342 e. The van der Waals surface area contributed by atoms with E-state index in [1.807, 2.05) is 18.4 Å². The van der Waals surface area contributed by atoms with Crippen LogP contribution in [0.1, 0.15) is 31.1 Å². The summed E-state index contributed by atoms with van der Waals surface area (Å²) in [7, 11) is 0. The van der Waals surface area contributed by atoms with Crippen LogP contribution in [-0.2, 0) is 12.6 Å². The Balaban J connectivity index is 2.75. The fourth-order valence-electron chi connectivity index (χ4n) is 2.50. The molecule has 0 spiro atoms. The SMILES string of the molecule is CC(C)n1c(CCN)cc2c(C(F)(F)F)cccc21. The number of fused-ring (bicyclic) bond motifs is 1. The van der Waals surface area contributed by atoms with Crippen LogP contribution in [0.15, 0.2) is 24.3 Å². The number of hydrogen-bond acceptors (Lipinski definition) is 1. The topological polar surface area (TPSA) is 30.9 Å². The molecule has 0 saturated heterocycles. The Hall–Kier alpha value is -1.49. The highest BCUT2D eigenvalue weighted by atomic mass is 19.4. The second-order valence-corrected chi connectivity index (χ2v) is 4.87. The molecule has 2 aromatic rings. The summed E-state index contributed by atoms with van der Waals surface area (Å²) in [5.41, 5.74) is 6.43. The molecule has 2 rings (SSSR count). The van der Waals surface area contributed by atoms with Gasteiger partial charge in [0.2, 0.25) is 0 Å².